The molecule has 0 saturated carbocycles. The Labute approximate surface area is 164 Å². The Kier molecular flexibility index (Phi) is 5.54. The summed E-state index contributed by atoms with van der Waals surface area (Å²) in [7, 11) is 0. The molecule has 1 amide bonds. The Balaban J connectivity index is 1.94. The van der Waals surface area contributed by atoms with E-state index in [2.05, 4.69) is 25.7 Å². The molecule has 1 aromatic rings. The number of nitrogens with zero attached hydrogens (tertiary/aromatic N) is 2. The lowest BCUT2D eigenvalue weighted by atomic mass is 9.87. The summed E-state index contributed by atoms with van der Waals surface area (Å²) in [4.78, 5) is 17.7. The van der Waals surface area contributed by atoms with Gasteiger partial charge in [0.1, 0.15) is 11.6 Å². The molecule has 0 unspecified atom stereocenters. The standard InChI is InChI=1S/C20H27F2N3OS/c1-20(2,3)24-10-14(13-7-6-12(21)9-16(13)22)15(11-24)19(26)25-8-4-5-17(25)18(23)27/h6-7,9,14-15,17H,4-5,8,10-11H2,1-3H3,(H2,23,27)/t14-,15+,17+/m0/s1. The third-order valence-electron chi connectivity index (χ3n) is 5.81. The fourth-order valence-electron chi connectivity index (χ4n) is 4.26. The summed E-state index contributed by atoms with van der Waals surface area (Å²) >= 11 is 5.14. The van der Waals surface area contributed by atoms with E-state index in [1.165, 1.54) is 12.1 Å². The summed E-state index contributed by atoms with van der Waals surface area (Å²) in [5.41, 5.74) is 6.07. The number of halogens is 2. The Morgan fingerprint density at radius 3 is 2.56 bits per heavy atom. The molecule has 7 heteroatoms. The third kappa shape index (κ3) is 3.99. The predicted molar refractivity (Wildman–Crippen MR) is 105 cm³/mol. The highest BCUT2D eigenvalue weighted by atomic mass is 32.1. The molecule has 0 aromatic heterocycles. The van der Waals surface area contributed by atoms with Crippen LogP contribution in [-0.2, 0) is 4.79 Å². The first-order chi connectivity index (χ1) is 12.6. The molecule has 2 aliphatic rings. The molecule has 0 radical (unpaired) electrons. The van der Waals surface area contributed by atoms with Crippen LogP contribution in [0.5, 0.6) is 0 Å². The monoisotopic (exact) mass is 395 g/mol. The molecular formula is C20H27F2N3OS. The van der Waals surface area contributed by atoms with Crippen molar-refractivity contribution in [1.82, 2.24) is 9.80 Å². The van der Waals surface area contributed by atoms with E-state index >= 15 is 0 Å². The van der Waals surface area contributed by atoms with Crippen molar-refractivity contribution in [2.75, 3.05) is 19.6 Å². The summed E-state index contributed by atoms with van der Waals surface area (Å²) in [5.74, 6) is -1.98. The molecule has 27 heavy (non-hydrogen) atoms. The minimum Gasteiger partial charge on any atom is -0.392 e. The highest BCUT2D eigenvalue weighted by Gasteiger charge is 2.46. The van der Waals surface area contributed by atoms with E-state index < -0.39 is 17.6 Å². The molecule has 2 N–H and O–H groups in total. The van der Waals surface area contributed by atoms with Gasteiger partial charge in [0.25, 0.3) is 0 Å². The van der Waals surface area contributed by atoms with Crippen molar-refractivity contribution in [3.63, 3.8) is 0 Å². The van der Waals surface area contributed by atoms with Crippen LogP contribution in [0.2, 0.25) is 0 Å². The zero-order chi connectivity index (χ0) is 19.9. The smallest absolute Gasteiger partial charge is 0.228 e. The van der Waals surface area contributed by atoms with Crippen LogP contribution in [0.15, 0.2) is 18.2 Å². The number of rotatable bonds is 3. The SMILES string of the molecule is CC(C)(C)N1C[C@@H](C(=O)N2CCC[C@@H]2C(N)=S)[C@H](c2ccc(F)cc2F)C1. The van der Waals surface area contributed by atoms with E-state index in [0.29, 0.717) is 30.2 Å². The minimum absolute atomic E-state index is 0.0363. The highest BCUT2D eigenvalue weighted by Crippen LogP contribution is 2.39. The van der Waals surface area contributed by atoms with Crippen molar-refractivity contribution in [3.05, 3.63) is 35.4 Å². The van der Waals surface area contributed by atoms with Crippen LogP contribution in [0, 0.1) is 17.6 Å². The molecule has 3 atom stereocenters. The second-order valence-electron chi connectivity index (χ2n) is 8.55. The zero-order valence-electron chi connectivity index (χ0n) is 16.0. The van der Waals surface area contributed by atoms with Gasteiger partial charge < -0.3 is 10.6 Å². The van der Waals surface area contributed by atoms with Crippen LogP contribution in [0.1, 0.15) is 45.1 Å². The van der Waals surface area contributed by atoms with Crippen molar-refractivity contribution < 1.29 is 13.6 Å². The predicted octanol–water partition coefficient (Wildman–Crippen LogP) is 3.06. The second kappa shape index (κ2) is 7.43. The summed E-state index contributed by atoms with van der Waals surface area (Å²) in [6.07, 6.45) is 1.63. The van der Waals surface area contributed by atoms with Gasteiger partial charge in [-0.3, -0.25) is 9.69 Å². The van der Waals surface area contributed by atoms with E-state index in [-0.39, 0.29) is 23.4 Å². The van der Waals surface area contributed by atoms with Crippen LogP contribution in [0.25, 0.3) is 0 Å². The molecule has 2 heterocycles. The maximum atomic E-state index is 14.5. The summed E-state index contributed by atoms with van der Waals surface area (Å²) in [6.45, 7) is 7.92. The average Bonchev–Trinajstić information content (AvgIpc) is 3.21. The first-order valence-corrected chi connectivity index (χ1v) is 9.80. The molecule has 2 aliphatic heterocycles. The van der Waals surface area contributed by atoms with Gasteiger partial charge in [-0.2, -0.15) is 0 Å². The Bertz CT molecular complexity index is 749. The first-order valence-electron chi connectivity index (χ1n) is 9.39. The van der Waals surface area contributed by atoms with Gasteiger partial charge in [0.05, 0.1) is 16.9 Å². The third-order valence-corrected chi connectivity index (χ3v) is 6.08. The summed E-state index contributed by atoms with van der Waals surface area (Å²) in [5, 5.41) is 0. The molecule has 1 aromatic carbocycles. The number of carbonyl (C=O) groups is 1. The van der Waals surface area contributed by atoms with Crippen molar-refractivity contribution in [3.8, 4) is 0 Å². The van der Waals surface area contributed by atoms with Crippen LogP contribution < -0.4 is 5.73 Å². The van der Waals surface area contributed by atoms with Crippen molar-refractivity contribution in [2.45, 2.75) is 51.1 Å². The molecule has 0 aliphatic carbocycles. The van der Waals surface area contributed by atoms with Gasteiger partial charge in [-0.1, -0.05) is 18.3 Å². The molecule has 2 saturated heterocycles. The second-order valence-corrected chi connectivity index (χ2v) is 9.02. The quantitative estimate of drug-likeness (QED) is 0.800. The number of hydrogen-bond donors (Lipinski definition) is 1. The zero-order valence-corrected chi connectivity index (χ0v) is 16.9. The first kappa shape index (κ1) is 20.1. The molecular weight excluding hydrogens is 368 g/mol. The molecule has 3 rings (SSSR count). The van der Waals surface area contributed by atoms with Gasteiger partial charge in [0.15, 0.2) is 0 Å². The van der Waals surface area contributed by atoms with Crippen LogP contribution in [-0.4, -0.2) is 51.9 Å². The topological polar surface area (TPSA) is 49.6 Å². The Hall–Kier alpha value is -1.60. The normalized spacial score (nSPS) is 26.6. The summed E-state index contributed by atoms with van der Waals surface area (Å²) < 4.78 is 27.9. The number of carbonyl (C=O) groups excluding carboxylic acids is 1. The average molecular weight is 396 g/mol. The molecule has 0 bridgehead atoms. The number of amides is 1. The number of likely N-dealkylation sites (tertiary alicyclic amines) is 2. The highest BCUT2D eigenvalue weighted by molar-refractivity contribution is 7.80. The Morgan fingerprint density at radius 1 is 1.26 bits per heavy atom. The van der Waals surface area contributed by atoms with Crippen LogP contribution in [0.4, 0.5) is 8.78 Å². The van der Waals surface area contributed by atoms with Crippen molar-refractivity contribution in [2.24, 2.45) is 11.7 Å². The van der Waals surface area contributed by atoms with Gasteiger partial charge in [-0.25, -0.2) is 8.78 Å². The van der Waals surface area contributed by atoms with E-state index in [1.54, 1.807) is 4.90 Å². The lowest BCUT2D eigenvalue weighted by molar-refractivity contribution is -0.135. The molecule has 2 fully saturated rings. The van der Waals surface area contributed by atoms with E-state index in [9.17, 15) is 13.6 Å². The fourth-order valence-corrected chi connectivity index (χ4v) is 4.50. The fraction of sp³-hybridized carbons (Fsp3) is 0.600. The van der Waals surface area contributed by atoms with E-state index in [4.69, 9.17) is 18.0 Å². The lowest BCUT2D eigenvalue weighted by Gasteiger charge is -2.32. The Morgan fingerprint density at radius 2 is 1.96 bits per heavy atom. The number of hydrogen-bond acceptors (Lipinski definition) is 3. The van der Waals surface area contributed by atoms with Crippen LogP contribution in [0.3, 0.4) is 0 Å². The maximum Gasteiger partial charge on any atom is 0.228 e. The molecule has 4 nitrogen and oxygen atoms in total. The van der Waals surface area contributed by atoms with Gasteiger partial charge in [0.2, 0.25) is 5.91 Å². The minimum atomic E-state index is -0.613. The van der Waals surface area contributed by atoms with E-state index in [1.807, 2.05) is 0 Å². The lowest BCUT2D eigenvalue weighted by Crippen LogP contribution is -2.47. The number of nitrogens with two attached hydrogens (primary N) is 1. The largest absolute Gasteiger partial charge is 0.392 e. The summed E-state index contributed by atoms with van der Waals surface area (Å²) in [6, 6.07) is 3.39. The van der Waals surface area contributed by atoms with Crippen molar-refractivity contribution >= 4 is 23.1 Å². The maximum absolute atomic E-state index is 14.5. The van der Waals surface area contributed by atoms with E-state index in [0.717, 1.165) is 18.9 Å². The molecule has 0 spiro atoms. The number of benzene rings is 1. The molecule has 148 valence electrons. The van der Waals surface area contributed by atoms with Crippen LogP contribution >= 0.6 is 12.2 Å². The van der Waals surface area contributed by atoms with Gasteiger partial charge >= 0.3 is 0 Å². The van der Waals surface area contributed by atoms with Gasteiger partial charge in [-0.15, -0.1) is 0 Å². The van der Waals surface area contributed by atoms with Gasteiger partial charge in [0, 0.05) is 37.2 Å². The number of thiocarbonyl (C=S) groups is 1. The van der Waals surface area contributed by atoms with Crippen molar-refractivity contribution in [1.29, 1.82) is 0 Å². The van der Waals surface area contributed by atoms with Gasteiger partial charge in [-0.05, 0) is 45.2 Å².